The van der Waals surface area contributed by atoms with Gasteiger partial charge in [0.05, 0.1) is 14.7 Å². The lowest BCUT2D eigenvalue weighted by Crippen LogP contribution is -2.18. The molecule has 1 aromatic carbocycles. The van der Waals surface area contributed by atoms with Crippen molar-refractivity contribution in [1.29, 1.82) is 0 Å². The van der Waals surface area contributed by atoms with Crippen LogP contribution in [0.1, 0.15) is 17.2 Å². The van der Waals surface area contributed by atoms with Gasteiger partial charge in [0.15, 0.2) is 11.6 Å². The Morgan fingerprint density at radius 3 is 2.60 bits per heavy atom. The van der Waals surface area contributed by atoms with E-state index < -0.39 is 0 Å². The van der Waals surface area contributed by atoms with Crippen LogP contribution in [0.25, 0.3) is 0 Å². The number of benzene rings is 1. The zero-order valence-corrected chi connectivity index (χ0v) is 15.0. The molecular formula is C14H14Br2FNOS. The van der Waals surface area contributed by atoms with Crippen LogP contribution in [0, 0.1) is 5.82 Å². The van der Waals surface area contributed by atoms with Gasteiger partial charge in [-0.3, -0.25) is 0 Å². The summed E-state index contributed by atoms with van der Waals surface area (Å²) in [7, 11) is 3.37. The average Bonchev–Trinajstić information content (AvgIpc) is 2.75. The molecular weight excluding hydrogens is 409 g/mol. The first-order valence-corrected chi connectivity index (χ1v) is 8.39. The normalized spacial score (nSPS) is 12.4. The number of nitrogens with one attached hydrogen (secondary N) is 1. The second kappa shape index (κ2) is 7.02. The largest absolute Gasteiger partial charge is 0.494 e. The molecule has 2 nitrogen and oxygen atoms in total. The van der Waals surface area contributed by atoms with Crippen molar-refractivity contribution < 1.29 is 9.13 Å². The van der Waals surface area contributed by atoms with Gasteiger partial charge in [-0.1, -0.05) is 6.07 Å². The Bertz CT molecular complexity index is 603. The van der Waals surface area contributed by atoms with E-state index in [9.17, 15) is 4.39 Å². The van der Waals surface area contributed by atoms with Gasteiger partial charge in [0.1, 0.15) is 0 Å². The molecule has 1 unspecified atom stereocenters. The summed E-state index contributed by atoms with van der Waals surface area (Å²) in [5.41, 5.74) is 2.09. The molecule has 0 aliphatic heterocycles. The van der Waals surface area contributed by atoms with Crippen molar-refractivity contribution in [3.05, 3.63) is 48.8 Å². The van der Waals surface area contributed by atoms with Crippen LogP contribution < -0.4 is 10.1 Å². The van der Waals surface area contributed by atoms with E-state index >= 15 is 0 Å². The van der Waals surface area contributed by atoms with Gasteiger partial charge in [0, 0.05) is 6.04 Å². The monoisotopic (exact) mass is 421 g/mol. The highest BCUT2D eigenvalue weighted by Gasteiger charge is 2.17. The van der Waals surface area contributed by atoms with Gasteiger partial charge >= 0.3 is 0 Å². The zero-order chi connectivity index (χ0) is 14.7. The van der Waals surface area contributed by atoms with E-state index in [1.807, 2.05) is 13.1 Å². The number of thiophene rings is 1. The first-order valence-electron chi connectivity index (χ1n) is 5.99. The summed E-state index contributed by atoms with van der Waals surface area (Å²) in [6, 6.07) is 7.28. The standard InChI is InChI=1S/C14H14Br2FNOS/c1-18-11(9-7-13(15)20-14(9)16)6-8-3-4-12(19-2)10(17)5-8/h3-5,7,11,18H,6H2,1-2H3. The van der Waals surface area contributed by atoms with Crippen molar-refractivity contribution in [2.24, 2.45) is 0 Å². The van der Waals surface area contributed by atoms with Gasteiger partial charge in [-0.15, -0.1) is 11.3 Å². The molecule has 0 saturated heterocycles. The number of ether oxygens (including phenoxy) is 1. The van der Waals surface area contributed by atoms with Gasteiger partial charge in [-0.05, 0) is 74.7 Å². The van der Waals surface area contributed by atoms with Crippen molar-refractivity contribution in [2.75, 3.05) is 14.2 Å². The number of hydrogen-bond donors (Lipinski definition) is 1. The van der Waals surface area contributed by atoms with E-state index in [1.54, 1.807) is 17.4 Å². The van der Waals surface area contributed by atoms with E-state index in [0.717, 1.165) is 13.1 Å². The molecule has 6 heteroatoms. The Morgan fingerprint density at radius 2 is 2.10 bits per heavy atom. The van der Waals surface area contributed by atoms with E-state index in [2.05, 4.69) is 43.2 Å². The lowest BCUT2D eigenvalue weighted by atomic mass is 10.0. The van der Waals surface area contributed by atoms with Crippen molar-refractivity contribution in [1.82, 2.24) is 5.32 Å². The van der Waals surface area contributed by atoms with Crippen LogP contribution in [-0.2, 0) is 6.42 Å². The molecule has 0 saturated carbocycles. The fraction of sp³-hybridized carbons (Fsp3) is 0.286. The fourth-order valence-electron chi connectivity index (χ4n) is 2.03. The van der Waals surface area contributed by atoms with E-state index in [0.29, 0.717) is 6.42 Å². The minimum Gasteiger partial charge on any atom is -0.494 e. The second-order valence-corrected chi connectivity index (χ2v) is 8.04. The molecule has 1 heterocycles. The maximum absolute atomic E-state index is 13.7. The van der Waals surface area contributed by atoms with Crippen molar-refractivity contribution in [3.8, 4) is 5.75 Å². The minimum absolute atomic E-state index is 0.125. The Kier molecular flexibility index (Phi) is 5.60. The molecule has 0 aliphatic carbocycles. The van der Waals surface area contributed by atoms with Crippen LogP contribution in [0.2, 0.25) is 0 Å². The van der Waals surface area contributed by atoms with Crippen molar-refractivity contribution >= 4 is 43.2 Å². The van der Waals surface area contributed by atoms with Gasteiger partial charge in [-0.25, -0.2) is 4.39 Å². The van der Waals surface area contributed by atoms with Crippen LogP contribution in [0.5, 0.6) is 5.75 Å². The summed E-state index contributed by atoms with van der Waals surface area (Å²) in [4.78, 5) is 0. The Morgan fingerprint density at radius 1 is 1.35 bits per heavy atom. The van der Waals surface area contributed by atoms with Crippen LogP contribution in [-0.4, -0.2) is 14.2 Å². The molecule has 108 valence electrons. The van der Waals surface area contributed by atoms with Crippen molar-refractivity contribution in [3.63, 3.8) is 0 Å². The van der Waals surface area contributed by atoms with Crippen molar-refractivity contribution in [2.45, 2.75) is 12.5 Å². The molecule has 2 rings (SSSR count). The van der Waals surface area contributed by atoms with Gasteiger partial charge in [0.2, 0.25) is 0 Å². The fourth-order valence-corrected chi connectivity index (χ4v) is 5.00. The lowest BCUT2D eigenvalue weighted by Gasteiger charge is -2.16. The minimum atomic E-state index is -0.328. The molecule has 0 fully saturated rings. The number of halogens is 3. The molecule has 1 aromatic heterocycles. The zero-order valence-electron chi connectivity index (χ0n) is 11.0. The molecule has 20 heavy (non-hydrogen) atoms. The predicted octanol–water partition coefficient (Wildman–Crippen LogP) is 4.92. The number of rotatable bonds is 5. The molecule has 0 bridgehead atoms. The topological polar surface area (TPSA) is 21.3 Å². The average molecular weight is 423 g/mol. The maximum Gasteiger partial charge on any atom is 0.165 e. The summed E-state index contributed by atoms with van der Waals surface area (Å²) in [6.45, 7) is 0. The molecule has 0 radical (unpaired) electrons. The number of methoxy groups -OCH3 is 1. The molecule has 2 aromatic rings. The van der Waals surface area contributed by atoms with E-state index in [4.69, 9.17) is 4.74 Å². The highest BCUT2D eigenvalue weighted by atomic mass is 79.9. The van der Waals surface area contributed by atoms with E-state index in [1.165, 1.54) is 18.7 Å². The third-order valence-corrected chi connectivity index (χ3v) is 5.45. The first-order chi connectivity index (χ1) is 9.55. The third kappa shape index (κ3) is 3.61. The van der Waals surface area contributed by atoms with Gasteiger partial charge in [-0.2, -0.15) is 0 Å². The van der Waals surface area contributed by atoms with Crippen LogP contribution in [0.3, 0.4) is 0 Å². The Balaban J connectivity index is 2.22. The van der Waals surface area contributed by atoms with Crippen LogP contribution in [0.15, 0.2) is 31.8 Å². The highest BCUT2D eigenvalue weighted by molar-refractivity contribution is 9.12. The molecule has 0 aliphatic rings. The SMILES string of the molecule is CNC(Cc1ccc(OC)c(F)c1)c1cc(Br)sc1Br. The number of likely N-dealkylation sites (N-methyl/N-ethyl adjacent to an activating group) is 1. The smallest absolute Gasteiger partial charge is 0.165 e. The molecule has 0 spiro atoms. The summed E-state index contributed by atoms with van der Waals surface area (Å²) < 4.78 is 20.8. The Labute approximate surface area is 138 Å². The van der Waals surface area contributed by atoms with Crippen LogP contribution >= 0.6 is 43.2 Å². The Hall–Kier alpha value is -0.430. The quantitative estimate of drug-likeness (QED) is 0.737. The van der Waals surface area contributed by atoms with Gasteiger partial charge < -0.3 is 10.1 Å². The van der Waals surface area contributed by atoms with Crippen LogP contribution in [0.4, 0.5) is 4.39 Å². The molecule has 0 amide bonds. The summed E-state index contributed by atoms with van der Waals surface area (Å²) in [6.07, 6.45) is 0.708. The highest BCUT2D eigenvalue weighted by Crippen LogP contribution is 2.36. The first kappa shape index (κ1) is 15.9. The number of hydrogen-bond acceptors (Lipinski definition) is 3. The van der Waals surface area contributed by atoms with E-state index in [-0.39, 0.29) is 17.6 Å². The molecule has 1 atom stereocenters. The van der Waals surface area contributed by atoms with Gasteiger partial charge in [0.25, 0.3) is 0 Å². The summed E-state index contributed by atoms with van der Waals surface area (Å²) in [5, 5.41) is 3.27. The predicted molar refractivity (Wildman–Crippen MR) is 88.2 cm³/mol. The maximum atomic E-state index is 13.7. The second-order valence-electron chi connectivity index (χ2n) is 4.29. The summed E-state index contributed by atoms with van der Waals surface area (Å²) in [5.74, 6) is -0.0559. The third-order valence-electron chi connectivity index (χ3n) is 3.06. The lowest BCUT2D eigenvalue weighted by molar-refractivity contribution is 0.386. The summed E-state index contributed by atoms with van der Waals surface area (Å²) >= 11 is 8.68. The molecule has 1 N–H and O–H groups in total.